The molecule has 1 saturated carbocycles. The molecule has 92 valence electrons. The normalized spacial score (nSPS) is 14.9. The first-order valence-corrected chi connectivity index (χ1v) is 6.08. The Bertz CT molecular complexity index is 910. The van der Waals surface area contributed by atoms with Gasteiger partial charge in [0.05, 0.1) is 11.6 Å². The molecule has 1 aliphatic carbocycles. The molecule has 0 saturated heterocycles. The van der Waals surface area contributed by atoms with Crippen molar-refractivity contribution < 1.29 is 0 Å². The lowest BCUT2D eigenvalue weighted by molar-refractivity contribution is 0.954. The van der Waals surface area contributed by atoms with Crippen LogP contribution >= 0.6 is 0 Å². The number of aromatic amines is 1. The number of pyridine rings is 1. The zero-order valence-electron chi connectivity index (χ0n) is 9.92. The Kier molecular flexibility index (Phi) is 1.85. The van der Waals surface area contributed by atoms with Gasteiger partial charge in [0.1, 0.15) is 17.4 Å². The molecule has 0 unspecified atom stereocenters. The van der Waals surface area contributed by atoms with Gasteiger partial charge < -0.3 is 4.98 Å². The number of nitrogens with one attached hydrogen (secondary N) is 1. The van der Waals surface area contributed by atoms with Gasteiger partial charge in [-0.25, -0.2) is 4.98 Å². The van der Waals surface area contributed by atoms with Crippen molar-refractivity contribution in [1.82, 2.24) is 19.6 Å². The summed E-state index contributed by atoms with van der Waals surface area (Å²) in [7, 11) is 0. The van der Waals surface area contributed by atoms with E-state index in [0.717, 1.165) is 18.4 Å². The van der Waals surface area contributed by atoms with Gasteiger partial charge in [-0.15, -0.1) is 0 Å². The van der Waals surface area contributed by atoms with E-state index in [4.69, 9.17) is 5.26 Å². The lowest BCUT2D eigenvalue weighted by Crippen LogP contribution is -2.12. The maximum Gasteiger partial charge on any atom is 0.260 e. The summed E-state index contributed by atoms with van der Waals surface area (Å²) in [6.45, 7) is 0. The van der Waals surface area contributed by atoms with Crippen molar-refractivity contribution in [3.8, 4) is 6.07 Å². The fraction of sp³-hybridized carbons (Fsp3) is 0.231. The molecule has 6 nitrogen and oxygen atoms in total. The standard InChI is InChI=1S/C13H9N5O/c14-5-8-3-4-9-11(16-8)18-12(17-13(9)19)10(6-15-18)7-1-2-7/h3-4,6-7H,1-2H2,(H,17,19). The van der Waals surface area contributed by atoms with Crippen LogP contribution in [0.15, 0.2) is 23.1 Å². The third-order valence-electron chi connectivity index (χ3n) is 3.48. The predicted molar refractivity (Wildman–Crippen MR) is 67.8 cm³/mol. The highest BCUT2D eigenvalue weighted by Crippen LogP contribution is 2.41. The molecule has 0 atom stereocenters. The van der Waals surface area contributed by atoms with Crippen LogP contribution in [0.3, 0.4) is 0 Å². The SMILES string of the molecule is N#Cc1ccc2c(=O)[nH]c3c(C4CC4)cnn3c2n1. The van der Waals surface area contributed by atoms with Crippen molar-refractivity contribution in [3.63, 3.8) is 0 Å². The Labute approximate surface area is 107 Å². The summed E-state index contributed by atoms with van der Waals surface area (Å²) in [6, 6.07) is 5.13. The van der Waals surface area contributed by atoms with Crippen LogP contribution in [0.5, 0.6) is 0 Å². The number of rotatable bonds is 1. The average molecular weight is 251 g/mol. The van der Waals surface area contributed by atoms with Crippen LogP contribution in [0.4, 0.5) is 0 Å². The quantitative estimate of drug-likeness (QED) is 0.706. The van der Waals surface area contributed by atoms with Gasteiger partial charge in [-0.2, -0.15) is 14.9 Å². The highest BCUT2D eigenvalue weighted by Gasteiger charge is 2.28. The Morgan fingerprint density at radius 3 is 3.00 bits per heavy atom. The Balaban J connectivity index is 2.18. The number of fused-ring (bicyclic) bond motifs is 3. The van der Waals surface area contributed by atoms with E-state index in [2.05, 4.69) is 15.1 Å². The molecular formula is C13H9N5O. The summed E-state index contributed by atoms with van der Waals surface area (Å²) in [4.78, 5) is 19.1. The van der Waals surface area contributed by atoms with Crippen molar-refractivity contribution in [2.45, 2.75) is 18.8 Å². The summed E-state index contributed by atoms with van der Waals surface area (Å²) < 4.78 is 1.62. The van der Waals surface area contributed by atoms with Crippen molar-refractivity contribution in [1.29, 1.82) is 5.26 Å². The first kappa shape index (κ1) is 10.3. The van der Waals surface area contributed by atoms with Gasteiger partial charge in [0.25, 0.3) is 5.56 Å². The fourth-order valence-corrected chi connectivity index (χ4v) is 2.36. The number of hydrogen-bond acceptors (Lipinski definition) is 4. The largest absolute Gasteiger partial charge is 0.306 e. The van der Waals surface area contributed by atoms with E-state index in [9.17, 15) is 4.79 Å². The molecule has 0 radical (unpaired) electrons. The number of nitrogens with zero attached hydrogens (tertiary/aromatic N) is 4. The minimum absolute atomic E-state index is 0.193. The zero-order valence-corrected chi connectivity index (χ0v) is 9.92. The van der Waals surface area contributed by atoms with Crippen LogP contribution < -0.4 is 5.56 Å². The molecule has 1 N–H and O–H groups in total. The van der Waals surface area contributed by atoms with Gasteiger partial charge in [0.2, 0.25) is 0 Å². The molecule has 3 aromatic rings. The second-order valence-electron chi connectivity index (χ2n) is 4.77. The van der Waals surface area contributed by atoms with E-state index in [1.807, 2.05) is 6.07 Å². The molecule has 0 aromatic carbocycles. The summed E-state index contributed by atoms with van der Waals surface area (Å²) >= 11 is 0. The smallest absolute Gasteiger partial charge is 0.260 e. The van der Waals surface area contributed by atoms with Crippen LogP contribution in [-0.4, -0.2) is 19.6 Å². The van der Waals surface area contributed by atoms with E-state index in [1.54, 1.807) is 16.8 Å². The van der Waals surface area contributed by atoms with Crippen LogP contribution in [0.25, 0.3) is 16.7 Å². The zero-order chi connectivity index (χ0) is 13.0. The summed E-state index contributed by atoms with van der Waals surface area (Å²) in [5.41, 5.74) is 2.28. The van der Waals surface area contributed by atoms with Crippen LogP contribution in [0.1, 0.15) is 30.0 Å². The molecule has 3 aromatic heterocycles. The molecule has 0 bridgehead atoms. The highest BCUT2D eigenvalue weighted by molar-refractivity contribution is 5.77. The van der Waals surface area contributed by atoms with Gasteiger partial charge >= 0.3 is 0 Å². The molecule has 1 aliphatic rings. The fourth-order valence-electron chi connectivity index (χ4n) is 2.36. The summed E-state index contributed by atoms with van der Waals surface area (Å²) in [5, 5.41) is 13.7. The minimum Gasteiger partial charge on any atom is -0.306 e. The van der Waals surface area contributed by atoms with E-state index < -0.39 is 0 Å². The predicted octanol–water partition coefficient (Wildman–Crippen LogP) is 1.32. The van der Waals surface area contributed by atoms with Crippen molar-refractivity contribution in [2.24, 2.45) is 0 Å². The second kappa shape index (κ2) is 3.42. The van der Waals surface area contributed by atoms with Crippen molar-refractivity contribution >= 4 is 16.7 Å². The Morgan fingerprint density at radius 1 is 1.42 bits per heavy atom. The first-order valence-electron chi connectivity index (χ1n) is 6.08. The molecule has 1 fully saturated rings. The van der Waals surface area contributed by atoms with Crippen molar-refractivity contribution in [3.05, 3.63) is 39.9 Å². The first-order chi connectivity index (χ1) is 9.28. The molecule has 19 heavy (non-hydrogen) atoms. The summed E-state index contributed by atoms with van der Waals surface area (Å²) in [5.74, 6) is 0.491. The molecule has 4 rings (SSSR count). The maximum absolute atomic E-state index is 12.1. The third-order valence-corrected chi connectivity index (χ3v) is 3.48. The topological polar surface area (TPSA) is 86.8 Å². The molecule has 0 spiro atoms. The molecule has 3 heterocycles. The van der Waals surface area contributed by atoms with Crippen LogP contribution in [0, 0.1) is 11.3 Å². The molecule has 0 aliphatic heterocycles. The number of H-pyrrole nitrogens is 1. The Hall–Kier alpha value is -2.68. The number of aromatic nitrogens is 4. The van der Waals surface area contributed by atoms with Crippen LogP contribution in [-0.2, 0) is 0 Å². The number of nitriles is 1. The lowest BCUT2D eigenvalue weighted by Gasteiger charge is -2.01. The van der Waals surface area contributed by atoms with Crippen molar-refractivity contribution in [2.75, 3.05) is 0 Å². The monoisotopic (exact) mass is 251 g/mol. The maximum atomic E-state index is 12.1. The van der Waals surface area contributed by atoms with E-state index in [1.165, 1.54) is 6.07 Å². The van der Waals surface area contributed by atoms with E-state index in [0.29, 0.717) is 22.6 Å². The van der Waals surface area contributed by atoms with E-state index >= 15 is 0 Å². The van der Waals surface area contributed by atoms with Gasteiger partial charge in [-0.3, -0.25) is 4.79 Å². The second-order valence-corrected chi connectivity index (χ2v) is 4.77. The van der Waals surface area contributed by atoms with E-state index in [-0.39, 0.29) is 11.3 Å². The average Bonchev–Trinajstić information content (AvgIpc) is 3.19. The Morgan fingerprint density at radius 2 is 2.26 bits per heavy atom. The minimum atomic E-state index is -0.193. The van der Waals surface area contributed by atoms with Gasteiger partial charge in [0.15, 0.2) is 5.65 Å². The number of hydrogen-bond donors (Lipinski definition) is 1. The van der Waals surface area contributed by atoms with Gasteiger partial charge in [0, 0.05) is 5.56 Å². The lowest BCUT2D eigenvalue weighted by atomic mass is 10.2. The third kappa shape index (κ3) is 1.38. The van der Waals surface area contributed by atoms with Gasteiger partial charge in [-0.1, -0.05) is 0 Å². The molecular weight excluding hydrogens is 242 g/mol. The molecule has 0 amide bonds. The molecule has 6 heteroatoms. The summed E-state index contributed by atoms with van der Waals surface area (Å²) in [6.07, 6.45) is 4.04. The van der Waals surface area contributed by atoms with Gasteiger partial charge in [-0.05, 0) is 30.9 Å². The van der Waals surface area contributed by atoms with Crippen LogP contribution in [0.2, 0.25) is 0 Å². The highest BCUT2D eigenvalue weighted by atomic mass is 16.1.